The maximum absolute atomic E-state index is 12.6. The van der Waals surface area contributed by atoms with Gasteiger partial charge in [-0.2, -0.15) is 0 Å². The van der Waals surface area contributed by atoms with Crippen molar-refractivity contribution < 1.29 is 9.53 Å². The highest BCUT2D eigenvalue weighted by atomic mass is 79.9. The standard InChI is InChI=1S/C19H22BrClN4O3/c1-12-14(18(27)23-19(22-12)25-7-9-28-10-8-25)4-6-17(26)24(2)16-5-3-13(20)11-15(16)21/h3,5,11H,4,6-10H2,1-2H3,(H,22,23,27). The van der Waals surface area contributed by atoms with Gasteiger partial charge in [0, 0.05) is 42.3 Å². The first-order chi connectivity index (χ1) is 13.4. The molecule has 1 aromatic carbocycles. The van der Waals surface area contributed by atoms with Gasteiger partial charge in [-0.15, -0.1) is 0 Å². The highest BCUT2D eigenvalue weighted by Crippen LogP contribution is 2.28. The van der Waals surface area contributed by atoms with Crippen LogP contribution in [0.4, 0.5) is 11.6 Å². The minimum atomic E-state index is -0.203. The monoisotopic (exact) mass is 468 g/mol. The van der Waals surface area contributed by atoms with Gasteiger partial charge in [0.15, 0.2) is 0 Å². The van der Waals surface area contributed by atoms with E-state index in [0.29, 0.717) is 60.6 Å². The first-order valence-electron chi connectivity index (χ1n) is 9.01. The summed E-state index contributed by atoms with van der Waals surface area (Å²) in [5.41, 5.74) is 1.59. The van der Waals surface area contributed by atoms with Gasteiger partial charge in [0.05, 0.1) is 23.9 Å². The van der Waals surface area contributed by atoms with E-state index in [4.69, 9.17) is 16.3 Å². The van der Waals surface area contributed by atoms with Crippen LogP contribution in [0, 0.1) is 6.92 Å². The highest BCUT2D eigenvalue weighted by molar-refractivity contribution is 9.10. The molecule has 0 radical (unpaired) electrons. The molecule has 1 aromatic heterocycles. The van der Waals surface area contributed by atoms with Crippen LogP contribution in [-0.4, -0.2) is 49.2 Å². The highest BCUT2D eigenvalue weighted by Gasteiger charge is 2.18. The van der Waals surface area contributed by atoms with E-state index >= 15 is 0 Å². The number of carbonyl (C=O) groups is 1. The number of morpholine rings is 1. The number of amides is 1. The third-order valence-electron chi connectivity index (χ3n) is 4.75. The van der Waals surface area contributed by atoms with Crippen molar-refractivity contribution in [3.05, 3.63) is 49.3 Å². The van der Waals surface area contributed by atoms with Crippen molar-refractivity contribution in [2.24, 2.45) is 0 Å². The number of aromatic amines is 1. The van der Waals surface area contributed by atoms with Crippen molar-refractivity contribution in [1.82, 2.24) is 9.97 Å². The van der Waals surface area contributed by atoms with Crippen LogP contribution >= 0.6 is 27.5 Å². The SMILES string of the molecule is Cc1nc(N2CCOCC2)[nH]c(=O)c1CCC(=O)N(C)c1ccc(Br)cc1Cl. The number of halogens is 2. The van der Waals surface area contributed by atoms with E-state index in [1.54, 1.807) is 26.1 Å². The van der Waals surface area contributed by atoms with Gasteiger partial charge in [-0.05, 0) is 31.5 Å². The average Bonchev–Trinajstić information content (AvgIpc) is 2.67. The third-order valence-corrected chi connectivity index (χ3v) is 5.55. The summed E-state index contributed by atoms with van der Waals surface area (Å²) < 4.78 is 6.17. The van der Waals surface area contributed by atoms with Gasteiger partial charge in [-0.1, -0.05) is 27.5 Å². The molecule has 1 amide bonds. The van der Waals surface area contributed by atoms with Crippen LogP contribution in [0.2, 0.25) is 5.02 Å². The van der Waals surface area contributed by atoms with Crippen molar-refractivity contribution in [1.29, 1.82) is 0 Å². The number of ether oxygens (including phenoxy) is 1. The molecule has 1 saturated heterocycles. The smallest absolute Gasteiger partial charge is 0.255 e. The fraction of sp³-hybridized carbons (Fsp3) is 0.421. The Morgan fingerprint density at radius 1 is 1.39 bits per heavy atom. The molecule has 1 aliphatic heterocycles. The average molecular weight is 470 g/mol. The van der Waals surface area contributed by atoms with Crippen molar-refractivity contribution in [3.63, 3.8) is 0 Å². The van der Waals surface area contributed by atoms with Crippen LogP contribution in [0.15, 0.2) is 27.5 Å². The predicted octanol–water partition coefficient (Wildman–Crippen LogP) is 2.93. The molecule has 2 heterocycles. The Morgan fingerprint density at radius 3 is 2.75 bits per heavy atom. The molecular formula is C19H22BrClN4O3. The number of aryl methyl sites for hydroxylation is 1. The summed E-state index contributed by atoms with van der Waals surface area (Å²) in [6.45, 7) is 4.42. The summed E-state index contributed by atoms with van der Waals surface area (Å²) in [6, 6.07) is 5.35. The summed E-state index contributed by atoms with van der Waals surface area (Å²) >= 11 is 9.58. The minimum Gasteiger partial charge on any atom is -0.378 e. The number of hydrogen-bond acceptors (Lipinski definition) is 5. The maximum atomic E-state index is 12.6. The zero-order valence-corrected chi connectivity index (χ0v) is 18.1. The second-order valence-corrected chi connectivity index (χ2v) is 7.92. The zero-order valence-electron chi connectivity index (χ0n) is 15.8. The first-order valence-corrected chi connectivity index (χ1v) is 10.2. The molecule has 28 heavy (non-hydrogen) atoms. The molecule has 0 atom stereocenters. The molecule has 150 valence electrons. The van der Waals surface area contributed by atoms with Crippen molar-refractivity contribution in [3.8, 4) is 0 Å². The molecule has 0 saturated carbocycles. The first kappa shape index (κ1) is 20.8. The molecule has 7 nitrogen and oxygen atoms in total. The van der Waals surface area contributed by atoms with Gasteiger partial charge in [0.1, 0.15) is 0 Å². The molecule has 9 heteroatoms. The second-order valence-electron chi connectivity index (χ2n) is 6.60. The summed E-state index contributed by atoms with van der Waals surface area (Å²) in [4.78, 5) is 36.0. The molecule has 1 fully saturated rings. The Kier molecular flexibility index (Phi) is 6.74. The fourth-order valence-electron chi connectivity index (χ4n) is 3.10. The van der Waals surface area contributed by atoms with Crippen molar-refractivity contribution in [2.45, 2.75) is 19.8 Å². The number of nitrogens with one attached hydrogen (secondary N) is 1. The van der Waals surface area contributed by atoms with Gasteiger partial charge in [-0.25, -0.2) is 4.98 Å². The lowest BCUT2D eigenvalue weighted by molar-refractivity contribution is -0.118. The largest absolute Gasteiger partial charge is 0.378 e. The summed E-state index contributed by atoms with van der Waals surface area (Å²) in [5.74, 6) is 0.430. The van der Waals surface area contributed by atoms with Gasteiger partial charge >= 0.3 is 0 Å². The van der Waals surface area contributed by atoms with Crippen LogP contribution in [-0.2, 0) is 16.0 Å². The number of rotatable bonds is 5. The van der Waals surface area contributed by atoms with E-state index in [0.717, 1.165) is 4.47 Å². The van der Waals surface area contributed by atoms with E-state index in [1.165, 1.54) is 4.90 Å². The van der Waals surface area contributed by atoms with Gasteiger partial charge in [-0.3, -0.25) is 14.6 Å². The molecule has 0 bridgehead atoms. The molecule has 1 aliphatic rings. The molecule has 0 aliphatic carbocycles. The Balaban J connectivity index is 1.69. The summed E-state index contributed by atoms with van der Waals surface area (Å²) in [5, 5.41) is 0.482. The van der Waals surface area contributed by atoms with Crippen molar-refractivity contribution >= 4 is 45.1 Å². The molecule has 3 rings (SSSR count). The normalized spacial score (nSPS) is 14.2. The topological polar surface area (TPSA) is 78.5 Å². The Morgan fingerprint density at radius 2 is 2.11 bits per heavy atom. The number of carbonyl (C=O) groups excluding carboxylic acids is 1. The number of aromatic nitrogens is 2. The Bertz CT molecular complexity index is 928. The fourth-order valence-corrected chi connectivity index (χ4v) is 3.90. The molecule has 1 N–H and O–H groups in total. The van der Waals surface area contributed by atoms with Crippen LogP contribution in [0.3, 0.4) is 0 Å². The van der Waals surface area contributed by atoms with Crippen LogP contribution in [0.1, 0.15) is 17.7 Å². The van der Waals surface area contributed by atoms with Crippen LogP contribution in [0.25, 0.3) is 0 Å². The molecule has 0 spiro atoms. The molecular weight excluding hydrogens is 448 g/mol. The Hall–Kier alpha value is -1.90. The number of anilines is 2. The number of H-pyrrole nitrogens is 1. The summed E-state index contributed by atoms with van der Waals surface area (Å²) in [6.07, 6.45) is 0.500. The zero-order chi connectivity index (χ0) is 20.3. The minimum absolute atomic E-state index is 0.125. The third kappa shape index (κ3) is 4.74. The lowest BCUT2D eigenvalue weighted by atomic mass is 10.1. The molecule has 0 unspecified atom stereocenters. The van der Waals surface area contributed by atoms with Crippen LogP contribution < -0.4 is 15.4 Å². The van der Waals surface area contributed by atoms with Crippen LogP contribution in [0.5, 0.6) is 0 Å². The summed E-state index contributed by atoms with van der Waals surface area (Å²) in [7, 11) is 1.67. The van der Waals surface area contributed by atoms with Crippen molar-refractivity contribution in [2.75, 3.05) is 43.2 Å². The number of hydrogen-bond donors (Lipinski definition) is 1. The van der Waals surface area contributed by atoms with E-state index < -0.39 is 0 Å². The van der Waals surface area contributed by atoms with Gasteiger partial charge in [0.2, 0.25) is 11.9 Å². The lowest BCUT2D eigenvalue weighted by Gasteiger charge is -2.27. The van der Waals surface area contributed by atoms with E-state index in [2.05, 4.69) is 25.9 Å². The predicted molar refractivity (Wildman–Crippen MR) is 114 cm³/mol. The lowest BCUT2D eigenvalue weighted by Crippen LogP contribution is -2.38. The van der Waals surface area contributed by atoms with E-state index in [-0.39, 0.29) is 17.9 Å². The molecule has 2 aromatic rings. The van der Waals surface area contributed by atoms with Gasteiger partial charge < -0.3 is 14.5 Å². The quantitative estimate of drug-likeness (QED) is 0.728. The van der Waals surface area contributed by atoms with E-state index in [1.807, 2.05) is 11.0 Å². The second kappa shape index (κ2) is 9.07. The van der Waals surface area contributed by atoms with Gasteiger partial charge in [0.25, 0.3) is 5.56 Å². The maximum Gasteiger partial charge on any atom is 0.255 e. The Labute approximate surface area is 176 Å². The number of benzene rings is 1. The number of nitrogens with zero attached hydrogens (tertiary/aromatic N) is 3. The van der Waals surface area contributed by atoms with E-state index in [9.17, 15) is 9.59 Å².